The van der Waals surface area contributed by atoms with Crippen molar-refractivity contribution in [3.8, 4) is 17.4 Å². The molecule has 0 atom stereocenters. The maximum atomic E-state index is 13.1. The number of nitrogen functional groups attached to an aromatic ring is 1. The number of rotatable bonds is 3. The zero-order valence-corrected chi connectivity index (χ0v) is 11.0. The van der Waals surface area contributed by atoms with Crippen molar-refractivity contribution in [1.29, 1.82) is 0 Å². The van der Waals surface area contributed by atoms with E-state index in [9.17, 15) is 4.39 Å². The number of anilines is 1. The number of aromatic nitrogens is 3. The van der Waals surface area contributed by atoms with E-state index in [2.05, 4.69) is 15.0 Å². The Labute approximate surface area is 110 Å². The number of aryl methyl sites for hydroxylation is 1. The molecule has 1 aromatic carbocycles. The van der Waals surface area contributed by atoms with Gasteiger partial charge in [-0.2, -0.15) is 15.0 Å². The first-order chi connectivity index (χ1) is 8.95. The summed E-state index contributed by atoms with van der Waals surface area (Å²) in [5.41, 5.74) is 7.06. The minimum atomic E-state index is -0.304. The molecule has 0 saturated carbocycles. The van der Waals surface area contributed by atoms with Gasteiger partial charge in [-0.3, -0.25) is 0 Å². The zero-order chi connectivity index (χ0) is 14.0. The fourth-order valence-corrected chi connectivity index (χ4v) is 1.63. The van der Waals surface area contributed by atoms with Crippen LogP contribution in [0.5, 0.6) is 6.01 Å². The quantitative estimate of drug-likeness (QED) is 0.919. The molecule has 19 heavy (non-hydrogen) atoms. The van der Waals surface area contributed by atoms with Crippen molar-refractivity contribution < 1.29 is 9.13 Å². The standard InChI is InChI=1S/C13H15FN4O/c1-7(2)19-13-17-11(16-12(15)18-13)10-5-4-9(14)6-8(10)3/h4-7H,1-3H3,(H2,15,16,17,18). The number of halogens is 1. The highest BCUT2D eigenvalue weighted by atomic mass is 19.1. The van der Waals surface area contributed by atoms with Gasteiger partial charge in [0.25, 0.3) is 0 Å². The van der Waals surface area contributed by atoms with E-state index in [-0.39, 0.29) is 23.9 Å². The highest BCUT2D eigenvalue weighted by Crippen LogP contribution is 2.22. The summed E-state index contributed by atoms with van der Waals surface area (Å²) >= 11 is 0. The van der Waals surface area contributed by atoms with E-state index in [0.29, 0.717) is 11.4 Å². The fraction of sp³-hybridized carbons (Fsp3) is 0.308. The summed E-state index contributed by atoms with van der Waals surface area (Å²) in [6, 6.07) is 4.54. The smallest absolute Gasteiger partial charge is 0.322 e. The Hall–Kier alpha value is -2.24. The summed E-state index contributed by atoms with van der Waals surface area (Å²) in [6.07, 6.45) is -0.0658. The topological polar surface area (TPSA) is 73.9 Å². The molecule has 2 N–H and O–H groups in total. The number of ether oxygens (including phenoxy) is 1. The zero-order valence-electron chi connectivity index (χ0n) is 11.0. The lowest BCUT2D eigenvalue weighted by Crippen LogP contribution is -2.11. The van der Waals surface area contributed by atoms with Gasteiger partial charge in [0.2, 0.25) is 5.95 Å². The van der Waals surface area contributed by atoms with Crippen LogP contribution in [0.15, 0.2) is 18.2 Å². The van der Waals surface area contributed by atoms with Crippen LogP contribution in [0.1, 0.15) is 19.4 Å². The lowest BCUT2D eigenvalue weighted by Gasteiger charge is -2.10. The largest absolute Gasteiger partial charge is 0.461 e. The molecule has 0 radical (unpaired) electrons. The third-order valence-electron chi connectivity index (χ3n) is 2.40. The Morgan fingerprint density at radius 2 is 1.95 bits per heavy atom. The molecule has 0 aliphatic carbocycles. The molecular formula is C13H15FN4O. The van der Waals surface area contributed by atoms with Crippen LogP contribution in [-0.4, -0.2) is 21.1 Å². The molecule has 0 unspecified atom stereocenters. The van der Waals surface area contributed by atoms with Gasteiger partial charge in [0.1, 0.15) is 5.82 Å². The van der Waals surface area contributed by atoms with Crippen LogP contribution in [0.2, 0.25) is 0 Å². The summed E-state index contributed by atoms with van der Waals surface area (Å²) in [6.45, 7) is 5.51. The number of nitrogens with zero attached hydrogens (tertiary/aromatic N) is 3. The van der Waals surface area contributed by atoms with Crippen LogP contribution < -0.4 is 10.5 Å². The summed E-state index contributed by atoms with van der Waals surface area (Å²) in [7, 11) is 0. The molecule has 5 nitrogen and oxygen atoms in total. The van der Waals surface area contributed by atoms with Gasteiger partial charge in [0, 0.05) is 5.56 Å². The van der Waals surface area contributed by atoms with Crippen LogP contribution in [0.25, 0.3) is 11.4 Å². The Kier molecular flexibility index (Phi) is 3.59. The van der Waals surface area contributed by atoms with Gasteiger partial charge in [-0.15, -0.1) is 0 Å². The minimum absolute atomic E-state index is 0.0658. The minimum Gasteiger partial charge on any atom is -0.461 e. The molecule has 0 amide bonds. The van der Waals surface area contributed by atoms with E-state index >= 15 is 0 Å². The lowest BCUT2D eigenvalue weighted by atomic mass is 10.1. The molecular weight excluding hydrogens is 247 g/mol. The van der Waals surface area contributed by atoms with Gasteiger partial charge in [0.15, 0.2) is 5.82 Å². The summed E-state index contributed by atoms with van der Waals surface area (Å²) in [4.78, 5) is 12.1. The highest BCUT2D eigenvalue weighted by molar-refractivity contribution is 5.60. The van der Waals surface area contributed by atoms with Crippen LogP contribution in [0.4, 0.5) is 10.3 Å². The molecule has 2 aromatic rings. The monoisotopic (exact) mass is 262 g/mol. The van der Waals surface area contributed by atoms with Crippen LogP contribution >= 0.6 is 0 Å². The average Bonchev–Trinajstić information content (AvgIpc) is 2.26. The Morgan fingerprint density at radius 3 is 2.58 bits per heavy atom. The van der Waals surface area contributed by atoms with Crippen LogP contribution in [0, 0.1) is 12.7 Å². The molecule has 1 aromatic heterocycles. The number of benzene rings is 1. The van der Waals surface area contributed by atoms with E-state index in [1.807, 2.05) is 13.8 Å². The van der Waals surface area contributed by atoms with Gasteiger partial charge >= 0.3 is 6.01 Å². The summed E-state index contributed by atoms with van der Waals surface area (Å²) < 4.78 is 18.5. The van der Waals surface area contributed by atoms with Gasteiger partial charge in [-0.1, -0.05) is 0 Å². The van der Waals surface area contributed by atoms with Crippen molar-refractivity contribution in [1.82, 2.24) is 15.0 Å². The van der Waals surface area contributed by atoms with E-state index in [0.717, 1.165) is 5.56 Å². The number of nitrogens with two attached hydrogens (primary N) is 1. The average molecular weight is 262 g/mol. The van der Waals surface area contributed by atoms with Gasteiger partial charge in [-0.05, 0) is 44.5 Å². The highest BCUT2D eigenvalue weighted by Gasteiger charge is 2.11. The predicted molar refractivity (Wildman–Crippen MR) is 70.1 cm³/mol. The Morgan fingerprint density at radius 1 is 1.21 bits per heavy atom. The first-order valence-electron chi connectivity index (χ1n) is 5.90. The van der Waals surface area contributed by atoms with Crippen molar-refractivity contribution in [2.24, 2.45) is 0 Å². The second kappa shape index (κ2) is 5.17. The number of hydrogen-bond acceptors (Lipinski definition) is 5. The predicted octanol–water partition coefficient (Wildman–Crippen LogP) is 2.36. The third kappa shape index (κ3) is 3.15. The molecule has 0 saturated heterocycles. The molecule has 6 heteroatoms. The molecule has 0 spiro atoms. The van der Waals surface area contributed by atoms with Crippen molar-refractivity contribution in [2.75, 3.05) is 5.73 Å². The Bertz CT molecular complexity index is 601. The SMILES string of the molecule is Cc1cc(F)ccc1-c1nc(N)nc(OC(C)C)n1. The summed E-state index contributed by atoms with van der Waals surface area (Å²) in [5, 5.41) is 0. The van der Waals surface area contributed by atoms with Crippen LogP contribution in [0.3, 0.4) is 0 Å². The van der Waals surface area contributed by atoms with Crippen molar-refractivity contribution in [3.05, 3.63) is 29.6 Å². The van der Waals surface area contributed by atoms with Crippen LogP contribution in [-0.2, 0) is 0 Å². The third-order valence-corrected chi connectivity index (χ3v) is 2.40. The summed E-state index contributed by atoms with van der Waals surface area (Å²) in [5.74, 6) is 0.145. The molecule has 0 fully saturated rings. The Balaban J connectivity index is 2.46. The van der Waals surface area contributed by atoms with Gasteiger partial charge in [0.05, 0.1) is 6.10 Å². The molecule has 0 aliphatic rings. The second-order valence-corrected chi connectivity index (χ2v) is 4.43. The molecule has 0 aliphatic heterocycles. The molecule has 0 bridgehead atoms. The van der Waals surface area contributed by atoms with E-state index in [1.165, 1.54) is 12.1 Å². The van der Waals surface area contributed by atoms with Crippen molar-refractivity contribution >= 4 is 5.95 Å². The van der Waals surface area contributed by atoms with Crippen molar-refractivity contribution in [2.45, 2.75) is 26.9 Å². The molecule has 2 rings (SSSR count). The van der Waals surface area contributed by atoms with E-state index in [4.69, 9.17) is 10.5 Å². The van der Waals surface area contributed by atoms with E-state index < -0.39 is 0 Å². The number of hydrogen-bond donors (Lipinski definition) is 1. The maximum Gasteiger partial charge on any atom is 0.322 e. The van der Waals surface area contributed by atoms with Crippen molar-refractivity contribution in [3.63, 3.8) is 0 Å². The van der Waals surface area contributed by atoms with Gasteiger partial charge < -0.3 is 10.5 Å². The fourth-order valence-electron chi connectivity index (χ4n) is 1.63. The first-order valence-corrected chi connectivity index (χ1v) is 5.90. The normalized spacial score (nSPS) is 10.8. The maximum absolute atomic E-state index is 13.1. The second-order valence-electron chi connectivity index (χ2n) is 4.43. The molecule has 100 valence electrons. The molecule has 1 heterocycles. The lowest BCUT2D eigenvalue weighted by molar-refractivity contribution is 0.222. The van der Waals surface area contributed by atoms with Gasteiger partial charge in [-0.25, -0.2) is 4.39 Å². The first kappa shape index (κ1) is 13.2. The van der Waals surface area contributed by atoms with E-state index in [1.54, 1.807) is 13.0 Å².